The summed E-state index contributed by atoms with van der Waals surface area (Å²) in [6.45, 7) is 17.9. The minimum atomic E-state index is -1.38. The molecule has 0 heterocycles. The second kappa shape index (κ2) is 8.71. The highest BCUT2D eigenvalue weighted by atomic mass is 14.2. The van der Waals surface area contributed by atoms with Crippen LogP contribution in [-0.2, 0) is 0 Å². The van der Waals surface area contributed by atoms with Crippen LogP contribution in [0.4, 0.5) is 0 Å². The van der Waals surface area contributed by atoms with Gasteiger partial charge >= 0.3 is 0 Å². The summed E-state index contributed by atoms with van der Waals surface area (Å²) in [4.78, 5) is 0. The highest BCUT2D eigenvalue weighted by Gasteiger charge is 2.35. The van der Waals surface area contributed by atoms with E-state index in [0.29, 0.717) is 0 Å². The third kappa shape index (κ3) is 3.95. The van der Waals surface area contributed by atoms with Crippen molar-refractivity contribution in [1.82, 2.24) is 0 Å². The molecule has 4 aromatic carbocycles. The molecule has 4 aromatic rings. The predicted molar refractivity (Wildman–Crippen MR) is 148 cm³/mol. The fourth-order valence-electron chi connectivity index (χ4n) is 6.25. The average Bonchev–Trinajstić information content (AvgIpc) is 2.72. The Kier molecular flexibility index (Phi) is 6.10. The molecule has 0 amide bonds. The van der Waals surface area contributed by atoms with Gasteiger partial charge in [0.25, 0.3) is 0 Å². The van der Waals surface area contributed by atoms with Crippen molar-refractivity contribution in [2.45, 2.75) is 55.4 Å². The molecular weight excluding hydrogens is 395 g/mol. The van der Waals surface area contributed by atoms with E-state index in [1.165, 1.54) is 66.4 Å². The van der Waals surface area contributed by atoms with Crippen molar-refractivity contribution in [3.63, 3.8) is 0 Å². The highest BCUT2D eigenvalue weighted by Crippen LogP contribution is 2.19. The van der Waals surface area contributed by atoms with Crippen molar-refractivity contribution >= 4 is 28.0 Å². The van der Waals surface area contributed by atoms with Gasteiger partial charge in [0.15, 0.2) is 0 Å². The van der Waals surface area contributed by atoms with Crippen LogP contribution in [-0.4, -0.2) is 6.15 Å². The van der Waals surface area contributed by atoms with E-state index in [1.54, 1.807) is 0 Å². The molecule has 1 heteroatoms. The Bertz CT molecular complexity index is 1130. The molecule has 33 heavy (non-hydrogen) atoms. The average molecular weight is 431 g/mol. The lowest BCUT2D eigenvalue weighted by Gasteiger charge is -2.48. The quantitative estimate of drug-likeness (QED) is 0.373. The Hall–Kier alpha value is -3.06. The van der Waals surface area contributed by atoms with E-state index in [-0.39, 0.29) is 0 Å². The molecule has 0 aliphatic rings. The maximum Gasteiger partial charge on any atom is 0.109 e. The molecule has 0 N–H and O–H groups in total. The van der Waals surface area contributed by atoms with Crippen molar-refractivity contribution in [3.05, 3.63) is 117 Å². The molecule has 0 atom stereocenters. The van der Waals surface area contributed by atoms with Crippen LogP contribution in [0, 0.1) is 55.4 Å². The zero-order chi connectivity index (χ0) is 23.9. The summed E-state index contributed by atoms with van der Waals surface area (Å²) in [5, 5.41) is 0. The molecule has 0 spiro atoms. The summed E-state index contributed by atoms with van der Waals surface area (Å²) < 4.78 is 0. The Morgan fingerprint density at radius 1 is 0.333 bits per heavy atom. The Labute approximate surface area is 200 Å². The van der Waals surface area contributed by atoms with Gasteiger partial charge in [0.2, 0.25) is 0 Å². The second-order valence-electron chi connectivity index (χ2n) is 10.3. The Morgan fingerprint density at radius 3 is 0.727 bits per heavy atom. The lowest BCUT2D eigenvalue weighted by atomic mass is 9.11. The largest absolute Gasteiger partial charge is 0.192 e. The van der Waals surface area contributed by atoms with Gasteiger partial charge in [-0.25, -0.2) is 0 Å². The molecule has 0 saturated carbocycles. The van der Waals surface area contributed by atoms with Crippen LogP contribution in [0.15, 0.2) is 72.8 Å². The van der Waals surface area contributed by atoms with Crippen molar-refractivity contribution in [1.29, 1.82) is 0 Å². The van der Waals surface area contributed by atoms with Gasteiger partial charge in [-0.1, -0.05) is 117 Å². The zero-order valence-corrected chi connectivity index (χ0v) is 21.5. The van der Waals surface area contributed by atoms with Crippen molar-refractivity contribution < 1.29 is 0 Å². The summed E-state index contributed by atoms with van der Waals surface area (Å²) >= 11 is 0. The van der Waals surface area contributed by atoms with E-state index in [2.05, 4.69) is 128 Å². The summed E-state index contributed by atoms with van der Waals surface area (Å²) in [6.07, 6.45) is -1.38. The minimum Gasteiger partial charge on any atom is -0.192 e. The molecule has 0 saturated heterocycles. The van der Waals surface area contributed by atoms with E-state index in [1.807, 2.05) is 0 Å². The number of rotatable bonds is 4. The third-order valence-electron chi connectivity index (χ3n) is 7.57. The zero-order valence-electron chi connectivity index (χ0n) is 21.5. The van der Waals surface area contributed by atoms with E-state index < -0.39 is 6.15 Å². The van der Waals surface area contributed by atoms with Crippen molar-refractivity contribution in [2.75, 3.05) is 0 Å². The van der Waals surface area contributed by atoms with Crippen LogP contribution in [0.25, 0.3) is 0 Å². The first-order chi connectivity index (χ1) is 15.6. The van der Waals surface area contributed by atoms with Crippen LogP contribution in [0.2, 0.25) is 0 Å². The molecular formula is C32H36B-. The molecule has 0 aliphatic carbocycles. The van der Waals surface area contributed by atoms with Gasteiger partial charge in [0.1, 0.15) is 6.15 Å². The number of aryl methyl sites for hydroxylation is 8. The molecule has 0 radical (unpaired) electrons. The maximum absolute atomic E-state index is 2.39. The van der Waals surface area contributed by atoms with Crippen molar-refractivity contribution in [3.8, 4) is 0 Å². The van der Waals surface area contributed by atoms with Crippen LogP contribution in [0.5, 0.6) is 0 Å². The van der Waals surface area contributed by atoms with Gasteiger partial charge in [-0.3, -0.25) is 0 Å². The number of hydrogen-bond acceptors (Lipinski definition) is 0. The van der Waals surface area contributed by atoms with E-state index in [4.69, 9.17) is 0 Å². The summed E-state index contributed by atoms with van der Waals surface area (Å²) in [6, 6.07) is 28.1. The summed E-state index contributed by atoms with van der Waals surface area (Å²) in [7, 11) is 0. The van der Waals surface area contributed by atoms with Crippen LogP contribution >= 0.6 is 0 Å². The third-order valence-corrected chi connectivity index (χ3v) is 7.57. The van der Waals surface area contributed by atoms with Gasteiger partial charge in [0.05, 0.1) is 0 Å². The molecule has 4 rings (SSSR count). The molecule has 0 aliphatic heterocycles. The lowest BCUT2D eigenvalue weighted by Crippen LogP contribution is -2.76. The normalized spacial score (nSPS) is 11.6. The molecule has 0 bridgehead atoms. The van der Waals surface area contributed by atoms with Gasteiger partial charge in [-0.15, -0.1) is 0 Å². The fourth-order valence-corrected chi connectivity index (χ4v) is 6.25. The first-order valence-electron chi connectivity index (χ1n) is 12.1. The Balaban J connectivity index is 2.28. The van der Waals surface area contributed by atoms with E-state index in [0.717, 1.165) is 0 Å². The highest BCUT2D eigenvalue weighted by molar-refractivity contribution is 7.20. The van der Waals surface area contributed by atoms with E-state index >= 15 is 0 Å². The topological polar surface area (TPSA) is 0 Å². The molecule has 0 aromatic heterocycles. The molecule has 168 valence electrons. The smallest absolute Gasteiger partial charge is 0.109 e. The molecule has 0 nitrogen and oxygen atoms in total. The van der Waals surface area contributed by atoms with Gasteiger partial charge in [-0.2, -0.15) is 21.9 Å². The lowest BCUT2D eigenvalue weighted by molar-refractivity contribution is 1.37. The van der Waals surface area contributed by atoms with Crippen LogP contribution < -0.4 is 21.9 Å². The van der Waals surface area contributed by atoms with Crippen LogP contribution in [0.3, 0.4) is 0 Å². The maximum atomic E-state index is 2.39. The van der Waals surface area contributed by atoms with Crippen LogP contribution in [0.1, 0.15) is 44.5 Å². The standard InChI is InChI=1S/C32H36B/c1-21-9-13-29(25(5)17-21)33(30-14-10-22(2)18-26(30)6,31-15-11-23(3)19-27(31)7)32-16-12-24(4)20-28(32)8/h9-20H,1-8H3/q-1. The van der Waals surface area contributed by atoms with E-state index in [9.17, 15) is 0 Å². The molecule has 0 unspecified atom stereocenters. The van der Waals surface area contributed by atoms with Gasteiger partial charge in [-0.05, 0) is 55.4 Å². The predicted octanol–water partition coefficient (Wildman–Crippen LogP) is 5.53. The SMILES string of the molecule is Cc1ccc([B-](c2ccc(C)cc2C)(c2ccc(C)cc2C)c2ccc(C)cc2C)c(C)c1. The molecule has 0 fully saturated rings. The summed E-state index contributed by atoms with van der Waals surface area (Å²) in [5.41, 5.74) is 16.3. The first-order valence-corrected chi connectivity index (χ1v) is 12.1. The Morgan fingerprint density at radius 2 is 0.545 bits per heavy atom. The van der Waals surface area contributed by atoms with Gasteiger partial charge in [0, 0.05) is 0 Å². The van der Waals surface area contributed by atoms with Gasteiger partial charge < -0.3 is 0 Å². The monoisotopic (exact) mass is 431 g/mol. The second-order valence-corrected chi connectivity index (χ2v) is 10.3. The minimum absolute atomic E-state index is 1.31. The first kappa shape index (κ1) is 23.1. The number of hydrogen-bond donors (Lipinski definition) is 0. The van der Waals surface area contributed by atoms with Crippen molar-refractivity contribution in [2.24, 2.45) is 0 Å². The number of benzene rings is 4. The summed E-state index contributed by atoms with van der Waals surface area (Å²) in [5.74, 6) is 0. The fraction of sp³-hybridized carbons (Fsp3) is 0.250.